The first-order valence-corrected chi connectivity index (χ1v) is 6.69. The van der Waals surface area contributed by atoms with E-state index in [1.165, 1.54) is 6.07 Å². The van der Waals surface area contributed by atoms with Gasteiger partial charge in [0, 0.05) is 0 Å². The van der Waals surface area contributed by atoms with E-state index >= 15 is 0 Å². The predicted octanol–water partition coefficient (Wildman–Crippen LogP) is 4.54. The molecule has 0 unspecified atom stereocenters. The van der Waals surface area contributed by atoms with Crippen molar-refractivity contribution in [2.45, 2.75) is 33.3 Å². The van der Waals surface area contributed by atoms with E-state index < -0.39 is 5.82 Å². The van der Waals surface area contributed by atoms with E-state index in [1.54, 1.807) is 12.1 Å². The molecule has 0 fully saturated rings. The van der Waals surface area contributed by atoms with Gasteiger partial charge in [-0.2, -0.15) is 0 Å². The summed E-state index contributed by atoms with van der Waals surface area (Å²) in [5.41, 5.74) is 2.32. The van der Waals surface area contributed by atoms with Crippen LogP contribution in [-0.2, 0) is 6.61 Å². The molecule has 2 aromatic rings. The quantitative estimate of drug-likeness (QED) is 0.886. The Morgan fingerprint density at radius 2 is 1.90 bits per heavy atom. The lowest BCUT2D eigenvalue weighted by molar-refractivity contribution is 0.269. The standard InChI is InChI=1S/C17H19FO2/c1-11(2)13-8-7-12(3)9-17(13)20-16-6-4-5-15(18)14(16)10-19/h4-9,11,19H,10H2,1-3H3. The molecule has 2 rings (SSSR count). The fourth-order valence-electron chi connectivity index (χ4n) is 2.11. The zero-order valence-electron chi connectivity index (χ0n) is 12.0. The summed E-state index contributed by atoms with van der Waals surface area (Å²) in [5, 5.41) is 9.29. The fourth-order valence-corrected chi connectivity index (χ4v) is 2.11. The summed E-state index contributed by atoms with van der Waals surface area (Å²) in [6.45, 7) is 5.76. The van der Waals surface area contributed by atoms with Crippen molar-refractivity contribution in [1.29, 1.82) is 0 Å². The highest BCUT2D eigenvalue weighted by atomic mass is 19.1. The van der Waals surface area contributed by atoms with Gasteiger partial charge in [-0.15, -0.1) is 0 Å². The minimum absolute atomic E-state index is 0.184. The van der Waals surface area contributed by atoms with Crippen molar-refractivity contribution < 1.29 is 14.2 Å². The van der Waals surface area contributed by atoms with Gasteiger partial charge in [0.1, 0.15) is 17.3 Å². The van der Waals surface area contributed by atoms with Crippen molar-refractivity contribution in [2.24, 2.45) is 0 Å². The van der Waals surface area contributed by atoms with Gasteiger partial charge >= 0.3 is 0 Å². The van der Waals surface area contributed by atoms with E-state index in [9.17, 15) is 9.50 Å². The Morgan fingerprint density at radius 1 is 1.15 bits per heavy atom. The molecule has 2 aromatic carbocycles. The molecule has 0 amide bonds. The molecule has 20 heavy (non-hydrogen) atoms. The summed E-state index contributed by atoms with van der Waals surface area (Å²) in [4.78, 5) is 0. The largest absolute Gasteiger partial charge is 0.457 e. The van der Waals surface area contributed by atoms with Crippen LogP contribution in [0.25, 0.3) is 0 Å². The monoisotopic (exact) mass is 274 g/mol. The molecule has 0 heterocycles. The molecule has 0 aromatic heterocycles. The van der Waals surface area contributed by atoms with Crippen molar-refractivity contribution in [3.8, 4) is 11.5 Å². The maximum Gasteiger partial charge on any atom is 0.135 e. The molecule has 0 aliphatic carbocycles. The molecule has 0 bridgehead atoms. The SMILES string of the molecule is Cc1ccc(C(C)C)c(Oc2cccc(F)c2CO)c1. The minimum Gasteiger partial charge on any atom is -0.457 e. The van der Waals surface area contributed by atoms with E-state index in [0.717, 1.165) is 11.1 Å². The number of aliphatic hydroxyl groups is 1. The molecule has 0 radical (unpaired) electrons. The summed E-state index contributed by atoms with van der Waals surface area (Å²) in [5.74, 6) is 0.917. The first kappa shape index (κ1) is 14.5. The van der Waals surface area contributed by atoms with Crippen LogP contribution in [0, 0.1) is 12.7 Å². The molecule has 0 aliphatic heterocycles. The molecule has 0 spiro atoms. The first-order chi connectivity index (χ1) is 9.52. The molecule has 0 aliphatic rings. The number of aliphatic hydroxyl groups excluding tert-OH is 1. The Bertz CT molecular complexity index is 606. The smallest absolute Gasteiger partial charge is 0.135 e. The fraction of sp³-hybridized carbons (Fsp3) is 0.294. The van der Waals surface area contributed by atoms with Gasteiger partial charge in [-0.1, -0.05) is 32.0 Å². The molecule has 0 saturated carbocycles. The third kappa shape index (κ3) is 2.99. The Labute approximate surface area is 118 Å². The minimum atomic E-state index is -0.455. The third-order valence-corrected chi connectivity index (χ3v) is 3.24. The summed E-state index contributed by atoms with van der Waals surface area (Å²) in [6.07, 6.45) is 0. The van der Waals surface area contributed by atoms with E-state index in [0.29, 0.717) is 17.4 Å². The normalized spacial score (nSPS) is 10.9. The maximum atomic E-state index is 13.7. The van der Waals surface area contributed by atoms with Gasteiger partial charge in [-0.05, 0) is 42.2 Å². The summed E-state index contributed by atoms with van der Waals surface area (Å²) >= 11 is 0. The van der Waals surface area contributed by atoms with Crippen LogP contribution in [0.2, 0.25) is 0 Å². The highest BCUT2D eigenvalue weighted by Crippen LogP contribution is 2.33. The van der Waals surface area contributed by atoms with Crippen molar-refractivity contribution in [3.63, 3.8) is 0 Å². The number of halogens is 1. The summed E-state index contributed by atoms with van der Waals surface area (Å²) in [6, 6.07) is 10.5. The predicted molar refractivity (Wildman–Crippen MR) is 77.7 cm³/mol. The first-order valence-electron chi connectivity index (χ1n) is 6.69. The second kappa shape index (κ2) is 6.06. The number of rotatable bonds is 4. The van der Waals surface area contributed by atoms with Crippen LogP contribution in [0.3, 0.4) is 0 Å². The van der Waals surface area contributed by atoms with E-state index in [4.69, 9.17) is 4.74 Å². The van der Waals surface area contributed by atoms with Gasteiger partial charge in [0.2, 0.25) is 0 Å². The second-order valence-electron chi connectivity index (χ2n) is 5.17. The van der Waals surface area contributed by atoms with Gasteiger partial charge in [-0.25, -0.2) is 4.39 Å². The van der Waals surface area contributed by atoms with Gasteiger partial charge in [0.25, 0.3) is 0 Å². The molecular formula is C17H19FO2. The molecule has 0 saturated heterocycles. The number of aryl methyl sites for hydroxylation is 1. The number of hydrogen-bond acceptors (Lipinski definition) is 2. The summed E-state index contributed by atoms with van der Waals surface area (Å²) < 4.78 is 19.5. The lowest BCUT2D eigenvalue weighted by Crippen LogP contribution is -1.99. The van der Waals surface area contributed by atoms with Gasteiger partial charge in [-0.3, -0.25) is 0 Å². The Morgan fingerprint density at radius 3 is 2.55 bits per heavy atom. The molecule has 0 atom stereocenters. The maximum absolute atomic E-state index is 13.7. The average molecular weight is 274 g/mol. The van der Waals surface area contributed by atoms with Gasteiger partial charge in [0.15, 0.2) is 0 Å². The molecule has 3 heteroatoms. The molecule has 1 N–H and O–H groups in total. The van der Waals surface area contributed by atoms with Crippen molar-refractivity contribution >= 4 is 0 Å². The Kier molecular flexibility index (Phi) is 4.40. The van der Waals surface area contributed by atoms with Crippen LogP contribution >= 0.6 is 0 Å². The van der Waals surface area contributed by atoms with Crippen LogP contribution in [0.1, 0.15) is 36.5 Å². The molecular weight excluding hydrogens is 255 g/mol. The Balaban J connectivity index is 2.44. The van der Waals surface area contributed by atoms with Crippen LogP contribution < -0.4 is 4.74 Å². The van der Waals surface area contributed by atoms with E-state index in [-0.39, 0.29) is 12.2 Å². The topological polar surface area (TPSA) is 29.5 Å². The average Bonchev–Trinajstić information content (AvgIpc) is 2.38. The lowest BCUT2D eigenvalue weighted by Gasteiger charge is -2.16. The number of benzene rings is 2. The zero-order valence-corrected chi connectivity index (χ0v) is 12.0. The lowest BCUT2D eigenvalue weighted by atomic mass is 10.0. The van der Waals surface area contributed by atoms with E-state index in [1.807, 2.05) is 25.1 Å². The number of hydrogen-bond donors (Lipinski definition) is 1. The van der Waals surface area contributed by atoms with Crippen LogP contribution in [0.15, 0.2) is 36.4 Å². The summed E-state index contributed by atoms with van der Waals surface area (Å²) in [7, 11) is 0. The second-order valence-corrected chi connectivity index (χ2v) is 5.17. The van der Waals surface area contributed by atoms with Crippen LogP contribution in [-0.4, -0.2) is 5.11 Å². The Hall–Kier alpha value is -1.87. The van der Waals surface area contributed by atoms with Crippen LogP contribution in [0.5, 0.6) is 11.5 Å². The van der Waals surface area contributed by atoms with Crippen LogP contribution in [0.4, 0.5) is 4.39 Å². The van der Waals surface area contributed by atoms with Crippen molar-refractivity contribution in [1.82, 2.24) is 0 Å². The van der Waals surface area contributed by atoms with E-state index in [2.05, 4.69) is 13.8 Å². The van der Waals surface area contributed by atoms with Crippen molar-refractivity contribution in [3.05, 3.63) is 58.9 Å². The van der Waals surface area contributed by atoms with Gasteiger partial charge in [0.05, 0.1) is 12.2 Å². The zero-order chi connectivity index (χ0) is 14.7. The van der Waals surface area contributed by atoms with Crippen molar-refractivity contribution in [2.75, 3.05) is 0 Å². The highest BCUT2D eigenvalue weighted by molar-refractivity contribution is 5.44. The third-order valence-electron chi connectivity index (χ3n) is 3.24. The highest BCUT2D eigenvalue weighted by Gasteiger charge is 2.13. The number of ether oxygens (including phenoxy) is 1. The van der Waals surface area contributed by atoms with Gasteiger partial charge < -0.3 is 9.84 Å². The molecule has 106 valence electrons. The molecule has 2 nitrogen and oxygen atoms in total.